The van der Waals surface area contributed by atoms with Crippen LogP contribution in [-0.4, -0.2) is 22.7 Å². The van der Waals surface area contributed by atoms with Gasteiger partial charge in [0.15, 0.2) is 0 Å². The molecule has 0 aliphatic heterocycles. The molecule has 2 aromatic rings. The Kier molecular flexibility index (Phi) is 3.53. The molecule has 0 fully saturated rings. The summed E-state index contributed by atoms with van der Waals surface area (Å²) in [6, 6.07) is 5.51. The van der Waals surface area contributed by atoms with Gasteiger partial charge in [-0.1, -0.05) is 6.92 Å². The molecular formula is C17H19NO3. The van der Waals surface area contributed by atoms with Crippen molar-refractivity contribution in [3.63, 3.8) is 0 Å². The smallest absolute Gasteiger partial charge is 0.336 e. The number of hydrogen-bond acceptors (Lipinski definition) is 3. The van der Waals surface area contributed by atoms with E-state index in [2.05, 4.69) is 6.92 Å². The largest absolute Gasteiger partial charge is 0.494 e. The van der Waals surface area contributed by atoms with E-state index < -0.39 is 5.97 Å². The molecule has 1 atom stereocenters. The Hall–Kier alpha value is -2.10. The van der Waals surface area contributed by atoms with Crippen molar-refractivity contribution in [3.05, 3.63) is 35.0 Å². The molecule has 0 bridgehead atoms. The Labute approximate surface area is 123 Å². The number of fused-ring (bicyclic) bond motifs is 2. The summed E-state index contributed by atoms with van der Waals surface area (Å²) < 4.78 is 5.49. The molecule has 21 heavy (non-hydrogen) atoms. The van der Waals surface area contributed by atoms with Crippen molar-refractivity contribution in [3.8, 4) is 5.75 Å². The molecule has 1 aromatic heterocycles. The molecule has 0 amide bonds. The molecule has 1 aliphatic carbocycles. The summed E-state index contributed by atoms with van der Waals surface area (Å²) in [5, 5.41) is 10.4. The maximum atomic E-state index is 11.8. The van der Waals surface area contributed by atoms with Gasteiger partial charge < -0.3 is 9.84 Å². The highest BCUT2D eigenvalue weighted by molar-refractivity contribution is 6.04. The second-order valence-corrected chi connectivity index (χ2v) is 5.56. The van der Waals surface area contributed by atoms with Crippen molar-refractivity contribution in [2.75, 3.05) is 6.61 Å². The predicted octanol–water partition coefficient (Wildman–Crippen LogP) is 3.77. The SMILES string of the molecule is CCOc1ccc2nc3c(c(C(=O)O)c2c1)CCCC3C. The number of carboxylic acids is 1. The van der Waals surface area contributed by atoms with E-state index in [9.17, 15) is 9.90 Å². The van der Waals surface area contributed by atoms with Crippen LogP contribution >= 0.6 is 0 Å². The summed E-state index contributed by atoms with van der Waals surface area (Å²) in [4.78, 5) is 16.5. The van der Waals surface area contributed by atoms with Gasteiger partial charge in [-0.3, -0.25) is 4.98 Å². The Bertz CT molecular complexity index is 709. The van der Waals surface area contributed by atoms with E-state index in [0.717, 1.165) is 36.0 Å². The molecule has 0 saturated carbocycles. The number of aromatic nitrogens is 1. The lowest BCUT2D eigenvalue weighted by Gasteiger charge is -2.24. The normalized spacial score (nSPS) is 17.5. The number of pyridine rings is 1. The van der Waals surface area contributed by atoms with Gasteiger partial charge in [0.2, 0.25) is 0 Å². The van der Waals surface area contributed by atoms with Crippen molar-refractivity contribution >= 4 is 16.9 Å². The molecule has 3 rings (SSSR count). The van der Waals surface area contributed by atoms with E-state index in [0.29, 0.717) is 29.2 Å². The van der Waals surface area contributed by atoms with Crippen LogP contribution in [0.4, 0.5) is 0 Å². The second kappa shape index (κ2) is 5.35. The van der Waals surface area contributed by atoms with Gasteiger partial charge >= 0.3 is 5.97 Å². The quantitative estimate of drug-likeness (QED) is 0.932. The van der Waals surface area contributed by atoms with Crippen molar-refractivity contribution < 1.29 is 14.6 Å². The molecule has 1 N–H and O–H groups in total. The van der Waals surface area contributed by atoms with Crippen LogP contribution in [0.3, 0.4) is 0 Å². The predicted molar refractivity (Wildman–Crippen MR) is 81.2 cm³/mol. The lowest BCUT2D eigenvalue weighted by molar-refractivity contribution is 0.0697. The minimum Gasteiger partial charge on any atom is -0.494 e. The molecular weight excluding hydrogens is 266 g/mol. The molecule has 0 saturated heterocycles. The van der Waals surface area contributed by atoms with Gasteiger partial charge in [-0.15, -0.1) is 0 Å². The molecule has 0 radical (unpaired) electrons. The monoisotopic (exact) mass is 285 g/mol. The zero-order chi connectivity index (χ0) is 15.0. The molecule has 110 valence electrons. The van der Waals surface area contributed by atoms with Gasteiger partial charge in [0.25, 0.3) is 0 Å². The minimum atomic E-state index is -0.874. The zero-order valence-electron chi connectivity index (χ0n) is 12.3. The Morgan fingerprint density at radius 3 is 3.00 bits per heavy atom. The van der Waals surface area contributed by atoms with E-state index in [1.54, 1.807) is 6.07 Å². The first-order valence-corrected chi connectivity index (χ1v) is 7.44. The zero-order valence-corrected chi connectivity index (χ0v) is 12.3. The lowest BCUT2D eigenvalue weighted by atomic mass is 9.84. The van der Waals surface area contributed by atoms with Crippen LogP contribution in [0, 0.1) is 0 Å². The fourth-order valence-corrected chi connectivity index (χ4v) is 3.18. The van der Waals surface area contributed by atoms with Gasteiger partial charge in [-0.2, -0.15) is 0 Å². The van der Waals surface area contributed by atoms with Crippen molar-refractivity contribution in [2.24, 2.45) is 0 Å². The summed E-state index contributed by atoms with van der Waals surface area (Å²) >= 11 is 0. The number of aromatic carboxylic acids is 1. The molecule has 1 unspecified atom stereocenters. The van der Waals surface area contributed by atoms with Crippen LogP contribution in [0.1, 0.15) is 54.2 Å². The summed E-state index contributed by atoms with van der Waals surface area (Å²) in [5.41, 5.74) is 3.00. The molecule has 1 aromatic carbocycles. The van der Waals surface area contributed by atoms with Gasteiger partial charge in [0, 0.05) is 11.1 Å². The Morgan fingerprint density at radius 1 is 1.48 bits per heavy atom. The van der Waals surface area contributed by atoms with Gasteiger partial charge in [-0.05, 0) is 55.9 Å². The second-order valence-electron chi connectivity index (χ2n) is 5.56. The van der Waals surface area contributed by atoms with Gasteiger partial charge in [0.05, 0.1) is 17.7 Å². The third-order valence-corrected chi connectivity index (χ3v) is 4.14. The highest BCUT2D eigenvalue weighted by atomic mass is 16.5. The van der Waals surface area contributed by atoms with Crippen LogP contribution in [0.25, 0.3) is 10.9 Å². The molecule has 4 nitrogen and oxygen atoms in total. The highest BCUT2D eigenvalue weighted by Crippen LogP contribution is 2.36. The van der Waals surface area contributed by atoms with E-state index in [1.807, 2.05) is 19.1 Å². The van der Waals surface area contributed by atoms with E-state index in [-0.39, 0.29) is 0 Å². The average Bonchev–Trinajstić information content (AvgIpc) is 2.45. The molecule has 1 heterocycles. The summed E-state index contributed by atoms with van der Waals surface area (Å²) in [6.45, 7) is 4.59. The minimum absolute atomic E-state index is 0.322. The lowest BCUT2D eigenvalue weighted by Crippen LogP contribution is -2.15. The van der Waals surface area contributed by atoms with Gasteiger partial charge in [-0.25, -0.2) is 4.79 Å². The van der Waals surface area contributed by atoms with Crippen molar-refractivity contribution in [1.82, 2.24) is 4.98 Å². The summed E-state index contributed by atoms with van der Waals surface area (Å²) in [6.07, 6.45) is 2.89. The van der Waals surface area contributed by atoms with Crippen LogP contribution < -0.4 is 4.74 Å². The number of ether oxygens (including phenoxy) is 1. The van der Waals surface area contributed by atoms with E-state index in [1.165, 1.54) is 0 Å². The highest BCUT2D eigenvalue weighted by Gasteiger charge is 2.26. The average molecular weight is 285 g/mol. The Morgan fingerprint density at radius 2 is 2.29 bits per heavy atom. The van der Waals surface area contributed by atoms with Crippen LogP contribution in [-0.2, 0) is 6.42 Å². The molecule has 1 aliphatic rings. The van der Waals surface area contributed by atoms with Crippen LogP contribution in [0.5, 0.6) is 5.75 Å². The number of rotatable bonds is 3. The third kappa shape index (κ3) is 2.35. The standard InChI is InChI=1S/C17H19NO3/c1-3-21-11-7-8-14-13(9-11)15(17(19)20)12-6-4-5-10(2)16(12)18-14/h7-10H,3-6H2,1-2H3,(H,19,20). The number of carboxylic acid groups (broad SMARTS) is 1. The fraction of sp³-hybridized carbons (Fsp3) is 0.412. The van der Waals surface area contributed by atoms with E-state index >= 15 is 0 Å². The first-order valence-electron chi connectivity index (χ1n) is 7.44. The Balaban J connectivity index is 2.31. The molecule has 0 spiro atoms. The number of benzene rings is 1. The first kappa shape index (κ1) is 13.9. The van der Waals surface area contributed by atoms with Crippen LogP contribution in [0.2, 0.25) is 0 Å². The molecule has 4 heteroatoms. The number of carbonyl (C=O) groups is 1. The number of hydrogen-bond donors (Lipinski definition) is 1. The maximum absolute atomic E-state index is 11.8. The van der Waals surface area contributed by atoms with Crippen LogP contribution in [0.15, 0.2) is 18.2 Å². The maximum Gasteiger partial charge on any atom is 0.336 e. The van der Waals surface area contributed by atoms with E-state index in [4.69, 9.17) is 9.72 Å². The third-order valence-electron chi connectivity index (χ3n) is 4.14. The number of nitrogens with zero attached hydrogens (tertiary/aromatic N) is 1. The summed E-state index contributed by atoms with van der Waals surface area (Å²) in [5.74, 6) is 0.141. The fourth-order valence-electron chi connectivity index (χ4n) is 3.18. The van der Waals surface area contributed by atoms with Crippen molar-refractivity contribution in [2.45, 2.75) is 39.0 Å². The van der Waals surface area contributed by atoms with Crippen molar-refractivity contribution in [1.29, 1.82) is 0 Å². The first-order chi connectivity index (χ1) is 10.1. The summed E-state index contributed by atoms with van der Waals surface area (Å²) in [7, 11) is 0. The topological polar surface area (TPSA) is 59.4 Å². The van der Waals surface area contributed by atoms with Gasteiger partial charge in [0.1, 0.15) is 5.75 Å².